The van der Waals surface area contributed by atoms with E-state index in [1.54, 1.807) is 6.07 Å². The average Bonchev–Trinajstić information content (AvgIpc) is 3.58. The van der Waals surface area contributed by atoms with Crippen molar-refractivity contribution < 1.29 is 53.4 Å². The zero-order chi connectivity index (χ0) is 48.3. The first kappa shape index (κ1) is 52.8. The average molecular weight is 973 g/mol. The molecule has 0 aromatic heterocycles. The number of rotatable bonds is 26. The van der Waals surface area contributed by atoms with Gasteiger partial charge in [-0.15, -0.1) is 0 Å². The second kappa shape index (κ2) is 22.8. The summed E-state index contributed by atoms with van der Waals surface area (Å²) in [6.45, 7) is 10.1. The van der Waals surface area contributed by atoms with Gasteiger partial charge in [-0.2, -0.15) is 29.8 Å². The van der Waals surface area contributed by atoms with Crippen LogP contribution in [0.5, 0.6) is 0 Å². The van der Waals surface area contributed by atoms with Gasteiger partial charge in [0.25, 0.3) is 30.4 Å². The van der Waals surface area contributed by atoms with E-state index in [2.05, 4.69) is 65.1 Å². The van der Waals surface area contributed by atoms with Crippen molar-refractivity contribution in [3.8, 4) is 0 Å². The molecule has 0 radical (unpaired) electrons. The molecule has 2 heterocycles. The Balaban J connectivity index is 1.49. The van der Waals surface area contributed by atoms with E-state index >= 15 is 0 Å². The van der Waals surface area contributed by atoms with Gasteiger partial charge in [0, 0.05) is 66.1 Å². The quantitative estimate of drug-likeness (QED) is 0.0338. The molecule has 66 heavy (non-hydrogen) atoms. The molecule has 14 nitrogen and oxygen atoms in total. The van der Waals surface area contributed by atoms with E-state index in [4.69, 9.17) is 5.11 Å². The summed E-state index contributed by atoms with van der Waals surface area (Å²) in [5.74, 6) is -1.41. The Hall–Kier alpha value is -4.13. The molecule has 5 rings (SSSR count). The SMILES string of the molecule is CC1(C)C(=C/C=C2\CCCC(/C=C/C3=[N+](CCCCS(=O)(=O)O)c4ccccc4C3(C)C)=C2NCCCCCCCCCCC(=O)O)N(CCCCS(=O)(=O)O)c2ccc(S(=O)(=O)O)cc21. The summed E-state index contributed by atoms with van der Waals surface area (Å²) < 4.78 is 102. The van der Waals surface area contributed by atoms with Gasteiger partial charge in [0.15, 0.2) is 5.71 Å². The van der Waals surface area contributed by atoms with E-state index in [-0.39, 0.29) is 34.7 Å². The van der Waals surface area contributed by atoms with Crippen molar-refractivity contribution in [3.05, 3.63) is 100 Å². The van der Waals surface area contributed by atoms with Crippen LogP contribution in [0.25, 0.3) is 0 Å². The van der Waals surface area contributed by atoms with E-state index in [1.807, 2.05) is 26.0 Å². The van der Waals surface area contributed by atoms with Crippen LogP contribution < -0.4 is 10.2 Å². The minimum atomic E-state index is -4.48. The molecule has 3 aliphatic rings. The molecule has 0 spiro atoms. The molecule has 2 aromatic rings. The second-order valence-corrected chi connectivity index (χ2v) is 23.4. The highest BCUT2D eigenvalue weighted by Gasteiger charge is 2.44. The van der Waals surface area contributed by atoms with Crippen LogP contribution in [0.1, 0.15) is 142 Å². The fourth-order valence-corrected chi connectivity index (χ4v) is 11.2. The predicted octanol–water partition coefficient (Wildman–Crippen LogP) is 9.43. The van der Waals surface area contributed by atoms with Crippen LogP contribution in [0.3, 0.4) is 0 Å². The van der Waals surface area contributed by atoms with Crippen LogP contribution in [0.15, 0.2) is 94.2 Å². The van der Waals surface area contributed by atoms with Crippen LogP contribution in [0, 0.1) is 0 Å². The maximum absolute atomic E-state index is 12.2. The number of carbonyl (C=O) groups is 1. The monoisotopic (exact) mass is 972 g/mol. The fourth-order valence-electron chi connectivity index (χ4n) is 9.57. The summed E-state index contributed by atoms with van der Waals surface area (Å²) in [6.07, 6.45) is 20.8. The molecule has 0 saturated carbocycles. The first-order chi connectivity index (χ1) is 31.0. The highest BCUT2D eigenvalue weighted by molar-refractivity contribution is 7.86. The molecule has 0 atom stereocenters. The fraction of sp³-hybridized carbons (Fsp3) is 0.551. The summed E-state index contributed by atoms with van der Waals surface area (Å²) in [7, 11) is -12.7. The van der Waals surface area contributed by atoms with E-state index in [0.29, 0.717) is 44.3 Å². The van der Waals surface area contributed by atoms with Crippen molar-refractivity contribution in [2.45, 2.75) is 146 Å². The lowest BCUT2D eigenvalue weighted by molar-refractivity contribution is -0.438. The van der Waals surface area contributed by atoms with Crippen LogP contribution >= 0.6 is 0 Å². The number of fused-ring (bicyclic) bond motifs is 2. The molecule has 0 bridgehead atoms. The summed E-state index contributed by atoms with van der Waals surface area (Å²) in [5, 5.41) is 12.7. The van der Waals surface area contributed by atoms with Gasteiger partial charge in [-0.1, -0.05) is 82.7 Å². The number of carboxylic acids is 1. The third-order valence-corrected chi connectivity index (χ3v) is 15.5. The first-order valence-corrected chi connectivity index (χ1v) is 28.0. The molecule has 1 aliphatic carbocycles. The van der Waals surface area contributed by atoms with E-state index < -0.39 is 41.7 Å². The molecule has 0 amide bonds. The maximum atomic E-state index is 12.2. The number of nitrogens with one attached hydrogen (secondary N) is 1. The van der Waals surface area contributed by atoms with Crippen LogP contribution in [0.4, 0.5) is 11.4 Å². The molecule has 2 aliphatic heterocycles. The minimum absolute atomic E-state index is 0.211. The number of hydrogen-bond donors (Lipinski definition) is 5. The molecule has 17 heteroatoms. The number of unbranched alkanes of at least 4 members (excludes halogenated alkanes) is 9. The molecule has 5 N–H and O–H groups in total. The zero-order valence-corrected chi connectivity index (χ0v) is 41.4. The molecule has 364 valence electrons. The Morgan fingerprint density at radius 3 is 2.02 bits per heavy atom. The number of carboxylic acid groups (broad SMARTS) is 1. The van der Waals surface area contributed by atoms with Gasteiger partial charge < -0.3 is 15.3 Å². The number of nitrogens with zero attached hydrogens (tertiary/aromatic N) is 2. The largest absolute Gasteiger partial charge is 0.481 e. The minimum Gasteiger partial charge on any atom is -0.481 e. The number of allylic oxidation sites excluding steroid dienone is 7. The van der Waals surface area contributed by atoms with Gasteiger partial charge in [-0.05, 0) is 106 Å². The molecule has 0 fully saturated rings. The van der Waals surface area contributed by atoms with Crippen molar-refractivity contribution in [2.24, 2.45) is 0 Å². The van der Waals surface area contributed by atoms with Gasteiger partial charge >= 0.3 is 5.97 Å². The standard InChI is InChI=1S/C49H69N3O11S3/c1-48(2)40-22-12-13-23-42(40)51(32-15-17-34-64(55,56)57)44(48)29-25-37-20-19-21-38(47(37)50-31-14-10-8-6-5-7-9-11-24-46(53)54)26-30-45-49(3,4)41-36-39(66(61,62)63)27-28-43(41)52(45)33-16-18-35-65(58,59)60/h12-13,22-23,25-30,36H,5-11,14-21,24,31-35H2,1-4H3,(H4,53,54,55,56,57,58,59,60,61,62,63)/p+1/b38-26+,45-30?. The second-order valence-electron chi connectivity index (χ2n) is 18.8. The Morgan fingerprint density at radius 1 is 0.727 bits per heavy atom. The molecular weight excluding hydrogens is 903 g/mol. The van der Waals surface area contributed by atoms with Crippen LogP contribution in [-0.2, 0) is 46.0 Å². The first-order valence-electron chi connectivity index (χ1n) is 23.3. The zero-order valence-electron chi connectivity index (χ0n) is 39.0. The Labute approximate surface area is 392 Å². The third-order valence-electron chi connectivity index (χ3n) is 13.1. The molecule has 0 saturated heterocycles. The van der Waals surface area contributed by atoms with E-state index in [0.717, 1.165) is 110 Å². The third kappa shape index (κ3) is 14.4. The van der Waals surface area contributed by atoms with Gasteiger partial charge in [-0.3, -0.25) is 18.5 Å². The summed E-state index contributed by atoms with van der Waals surface area (Å²) >= 11 is 0. The van der Waals surface area contributed by atoms with Crippen molar-refractivity contribution in [1.29, 1.82) is 0 Å². The smallest absolute Gasteiger partial charge is 0.303 e. The van der Waals surface area contributed by atoms with Crippen molar-refractivity contribution in [3.63, 3.8) is 0 Å². The summed E-state index contributed by atoms with van der Waals surface area (Å²) in [6, 6.07) is 12.8. The van der Waals surface area contributed by atoms with Crippen LogP contribution in [0.2, 0.25) is 0 Å². The molecule has 0 unspecified atom stereocenters. The van der Waals surface area contributed by atoms with Crippen molar-refractivity contribution in [2.75, 3.05) is 36.0 Å². The molecule has 2 aromatic carbocycles. The van der Waals surface area contributed by atoms with Gasteiger partial charge in [0.1, 0.15) is 6.54 Å². The summed E-state index contributed by atoms with van der Waals surface area (Å²) in [4.78, 5) is 12.7. The topological polar surface area (TPSA) is 219 Å². The number of hydrogen-bond acceptors (Lipinski definition) is 9. The Morgan fingerprint density at radius 2 is 1.36 bits per heavy atom. The number of aliphatic carboxylic acids is 1. The maximum Gasteiger partial charge on any atom is 0.303 e. The lowest BCUT2D eigenvalue weighted by atomic mass is 9.81. The molecular formula is C49H70N3O11S3+. The predicted molar refractivity (Wildman–Crippen MR) is 261 cm³/mol. The van der Waals surface area contributed by atoms with Crippen molar-refractivity contribution >= 4 is 53.4 Å². The highest BCUT2D eigenvalue weighted by atomic mass is 32.2. The van der Waals surface area contributed by atoms with E-state index in [9.17, 15) is 43.7 Å². The van der Waals surface area contributed by atoms with Gasteiger partial charge in [0.05, 0.1) is 21.8 Å². The lowest BCUT2D eigenvalue weighted by Gasteiger charge is -2.28. The Bertz CT molecular complexity index is 2570. The lowest BCUT2D eigenvalue weighted by Crippen LogP contribution is -2.28. The van der Waals surface area contributed by atoms with Crippen LogP contribution in [-0.4, -0.2) is 91.4 Å². The number of para-hydroxylation sites is 1. The number of anilines is 1. The summed E-state index contributed by atoms with van der Waals surface area (Å²) in [5.41, 5.74) is 7.92. The van der Waals surface area contributed by atoms with Gasteiger partial charge in [0.2, 0.25) is 5.69 Å². The normalized spacial score (nSPS) is 18.5. The van der Waals surface area contributed by atoms with Gasteiger partial charge in [-0.25, -0.2) is 0 Å². The number of benzene rings is 2. The Kier molecular flexibility index (Phi) is 18.2. The van der Waals surface area contributed by atoms with Crippen molar-refractivity contribution in [1.82, 2.24) is 5.32 Å². The van der Waals surface area contributed by atoms with E-state index in [1.165, 1.54) is 17.7 Å². The highest BCUT2D eigenvalue weighted by Crippen LogP contribution is 2.49.